The summed E-state index contributed by atoms with van der Waals surface area (Å²) in [7, 11) is 7.88. The van der Waals surface area contributed by atoms with Crippen LogP contribution in [0.1, 0.15) is 22.8 Å². The van der Waals surface area contributed by atoms with Gasteiger partial charge in [0, 0.05) is 40.3 Å². The second kappa shape index (κ2) is 9.59. The molecule has 1 aromatic rings. The van der Waals surface area contributed by atoms with Crippen molar-refractivity contribution in [1.29, 1.82) is 0 Å². The van der Waals surface area contributed by atoms with Crippen LogP contribution >= 0.6 is 24.0 Å². The highest BCUT2D eigenvalue weighted by molar-refractivity contribution is 14.0. The number of hydrogen-bond donors (Lipinski definition) is 1. The van der Waals surface area contributed by atoms with E-state index in [1.165, 1.54) is 0 Å². The van der Waals surface area contributed by atoms with Crippen molar-refractivity contribution >= 4 is 35.8 Å². The average Bonchev–Trinajstić information content (AvgIpc) is 2.39. The third kappa shape index (κ3) is 6.33. The van der Waals surface area contributed by atoms with Gasteiger partial charge in [-0.15, -0.1) is 24.0 Å². The fourth-order valence-electron chi connectivity index (χ4n) is 1.87. The number of benzene rings is 1. The number of carbonyl (C=O) groups excluding carboxylic acids is 1. The van der Waals surface area contributed by atoms with Gasteiger partial charge < -0.3 is 15.1 Å². The van der Waals surface area contributed by atoms with Gasteiger partial charge in [-0.3, -0.25) is 4.79 Å². The van der Waals surface area contributed by atoms with Crippen molar-refractivity contribution in [2.45, 2.75) is 13.5 Å². The smallest absolute Gasteiger partial charge is 0.251 e. The number of halogens is 1. The van der Waals surface area contributed by atoms with Gasteiger partial charge in [-0.1, -0.05) is 12.1 Å². The van der Waals surface area contributed by atoms with Gasteiger partial charge in [0.2, 0.25) is 0 Å². The van der Waals surface area contributed by atoms with Gasteiger partial charge in [0.05, 0.1) is 6.54 Å². The largest absolute Gasteiger partial charge is 0.352 e. The second-order valence-corrected chi connectivity index (χ2v) is 4.96. The van der Waals surface area contributed by atoms with Crippen LogP contribution in [0, 0.1) is 0 Å². The van der Waals surface area contributed by atoms with Crippen molar-refractivity contribution in [2.24, 2.45) is 4.99 Å². The standard InChI is InChI=1S/C15H24N4O.HI/c1-6-16-14(20)13-9-7-12(8-10-13)11-17-15(18(2)3)19(4)5;/h7-10H,6,11H2,1-5H3,(H,16,20);1H. The molecule has 0 aliphatic heterocycles. The van der Waals surface area contributed by atoms with Crippen molar-refractivity contribution in [3.8, 4) is 0 Å². The first-order chi connectivity index (χ1) is 9.45. The van der Waals surface area contributed by atoms with E-state index in [2.05, 4.69) is 10.3 Å². The Labute approximate surface area is 144 Å². The molecule has 5 nitrogen and oxygen atoms in total. The highest BCUT2D eigenvalue weighted by Gasteiger charge is 2.05. The van der Waals surface area contributed by atoms with Crippen LogP contribution in [0.15, 0.2) is 29.3 Å². The molecule has 0 saturated carbocycles. The number of nitrogens with zero attached hydrogens (tertiary/aromatic N) is 3. The molecule has 0 saturated heterocycles. The molecule has 1 aromatic carbocycles. The molecule has 0 unspecified atom stereocenters. The summed E-state index contributed by atoms with van der Waals surface area (Å²) in [6, 6.07) is 7.55. The fraction of sp³-hybridized carbons (Fsp3) is 0.467. The van der Waals surface area contributed by atoms with Crippen molar-refractivity contribution in [2.75, 3.05) is 34.7 Å². The minimum atomic E-state index is -0.0372. The summed E-state index contributed by atoms with van der Waals surface area (Å²) in [6.45, 7) is 3.15. The lowest BCUT2D eigenvalue weighted by atomic mass is 10.1. The normalized spacial score (nSPS) is 9.38. The van der Waals surface area contributed by atoms with Crippen LogP contribution in [-0.4, -0.2) is 56.4 Å². The number of aliphatic imine (C=N–C) groups is 1. The van der Waals surface area contributed by atoms with Crippen LogP contribution in [0.25, 0.3) is 0 Å². The number of amides is 1. The zero-order valence-electron chi connectivity index (χ0n) is 13.4. The molecule has 0 bridgehead atoms. The van der Waals surface area contributed by atoms with E-state index in [1.807, 2.05) is 69.2 Å². The van der Waals surface area contributed by atoms with Crippen molar-refractivity contribution in [3.05, 3.63) is 35.4 Å². The molecule has 0 radical (unpaired) electrons. The Bertz CT molecular complexity index is 459. The van der Waals surface area contributed by atoms with E-state index in [0.29, 0.717) is 18.7 Å². The maximum Gasteiger partial charge on any atom is 0.251 e. The Morgan fingerprint density at radius 3 is 2.05 bits per heavy atom. The van der Waals surface area contributed by atoms with E-state index in [0.717, 1.165) is 11.5 Å². The summed E-state index contributed by atoms with van der Waals surface area (Å²) >= 11 is 0. The molecule has 118 valence electrons. The first kappa shape index (κ1) is 19.7. The maximum absolute atomic E-state index is 11.6. The van der Waals surface area contributed by atoms with Crippen LogP contribution in [0.3, 0.4) is 0 Å². The van der Waals surface area contributed by atoms with Gasteiger partial charge in [-0.2, -0.15) is 0 Å². The Kier molecular flexibility index (Phi) is 9.00. The van der Waals surface area contributed by atoms with Crippen LogP contribution in [0.4, 0.5) is 0 Å². The molecule has 0 atom stereocenters. The average molecular weight is 404 g/mol. The van der Waals surface area contributed by atoms with E-state index in [1.54, 1.807) is 0 Å². The van der Waals surface area contributed by atoms with Crippen molar-refractivity contribution in [3.63, 3.8) is 0 Å². The molecular weight excluding hydrogens is 379 g/mol. The van der Waals surface area contributed by atoms with E-state index < -0.39 is 0 Å². The van der Waals surface area contributed by atoms with Crippen LogP contribution in [-0.2, 0) is 6.54 Å². The molecule has 21 heavy (non-hydrogen) atoms. The van der Waals surface area contributed by atoms with E-state index in [-0.39, 0.29) is 29.9 Å². The lowest BCUT2D eigenvalue weighted by Crippen LogP contribution is -2.35. The maximum atomic E-state index is 11.6. The quantitative estimate of drug-likeness (QED) is 0.475. The zero-order chi connectivity index (χ0) is 15.1. The minimum Gasteiger partial charge on any atom is -0.352 e. The van der Waals surface area contributed by atoms with Gasteiger partial charge in [-0.25, -0.2) is 4.99 Å². The molecular formula is C15H25IN4O. The predicted molar refractivity (Wildman–Crippen MR) is 98.4 cm³/mol. The number of nitrogens with one attached hydrogen (secondary N) is 1. The molecule has 0 spiro atoms. The molecule has 0 aliphatic rings. The van der Waals surface area contributed by atoms with Crippen LogP contribution < -0.4 is 5.32 Å². The van der Waals surface area contributed by atoms with Gasteiger partial charge in [-0.05, 0) is 24.6 Å². The van der Waals surface area contributed by atoms with Crippen LogP contribution in [0.5, 0.6) is 0 Å². The SMILES string of the molecule is CCNC(=O)c1ccc(CN=C(N(C)C)N(C)C)cc1.I. The molecule has 0 fully saturated rings. The van der Waals surface area contributed by atoms with Gasteiger partial charge in [0.1, 0.15) is 0 Å². The first-order valence-corrected chi connectivity index (χ1v) is 6.72. The lowest BCUT2D eigenvalue weighted by molar-refractivity contribution is 0.0956. The molecule has 1 N–H and O–H groups in total. The number of rotatable bonds is 4. The number of hydrogen-bond acceptors (Lipinski definition) is 2. The Balaban J connectivity index is 0.00000400. The summed E-state index contributed by atoms with van der Waals surface area (Å²) in [5.74, 6) is 0.877. The topological polar surface area (TPSA) is 47.9 Å². The Hall–Kier alpha value is -1.31. The predicted octanol–water partition coefficient (Wildman–Crippen LogP) is 2.03. The summed E-state index contributed by atoms with van der Waals surface area (Å²) < 4.78 is 0. The molecule has 1 rings (SSSR count). The van der Waals surface area contributed by atoms with Gasteiger partial charge >= 0.3 is 0 Å². The Morgan fingerprint density at radius 1 is 1.10 bits per heavy atom. The monoisotopic (exact) mass is 404 g/mol. The number of guanidine groups is 1. The van der Waals surface area contributed by atoms with Gasteiger partial charge in [0.25, 0.3) is 5.91 Å². The third-order valence-electron chi connectivity index (χ3n) is 2.76. The molecule has 1 amide bonds. The lowest BCUT2D eigenvalue weighted by Gasteiger charge is -2.22. The molecule has 6 heteroatoms. The molecule has 0 aliphatic carbocycles. The van der Waals surface area contributed by atoms with Crippen molar-refractivity contribution in [1.82, 2.24) is 15.1 Å². The van der Waals surface area contributed by atoms with E-state index in [4.69, 9.17) is 0 Å². The fourth-order valence-corrected chi connectivity index (χ4v) is 1.87. The van der Waals surface area contributed by atoms with Crippen molar-refractivity contribution < 1.29 is 4.79 Å². The highest BCUT2D eigenvalue weighted by Crippen LogP contribution is 2.06. The van der Waals surface area contributed by atoms with Gasteiger partial charge in [0.15, 0.2) is 5.96 Å². The van der Waals surface area contributed by atoms with E-state index >= 15 is 0 Å². The summed E-state index contributed by atoms with van der Waals surface area (Å²) in [4.78, 5) is 20.2. The van der Waals surface area contributed by atoms with E-state index in [9.17, 15) is 4.79 Å². The molecule has 0 aromatic heterocycles. The zero-order valence-corrected chi connectivity index (χ0v) is 15.7. The summed E-state index contributed by atoms with van der Waals surface area (Å²) in [5.41, 5.74) is 1.76. The minimum absolute atomic E-state index is 0. The third-order valence-corrected chi connectivity index (χ3v) is 2.76. The first-order valence-electron chi connectivity index (χ1n) is 6.72. The van der Waals surface area contributed by atoms with Crippen LogP contribution in [0.2, 0.25) is 0 Å². The number of carbonyl (C=O) groups is 1. The summed E-state index contributed by atoms with van der Waals surface area (Å²) in [6.07, 6.45) is 0. The summed E-state index contributed by atoms with van der Waals surface area (Å²) in [5, 5.41) is 2.78. The second-order valence-electron chi connectivity index (χ2n) is 4.96. The Morgan fingerprint density at radius 2 is 1.62 bits per heavy atom. The highest BCUT2D eigenvalue weighted by atomic mass is 127. The molecule has 0 heterocycles.